The van der Waals surface area contributed by atoms with Gasteiger partial charge in [0.25, 0.3) is 0 Å². The fraction of sp³-hybridized carbons (Fsp3) is 0.750. The van der Waals surface area contributed by atoms with Gasteiger partial charge in [0.1, 0.15) is 0 Å². The van der Waals surface area contributed by atoms with Crippen molar-refractivity contribution in [3.63, 3.8) is 0 Å². The molecule has 16 heavy (non-hydrogen) atoms. The van der Waals surface area contributed by atoms with Crippen LogP contribution in [-0.4, -0.2) is 17.6 Å². The molecule has 0 saturated carbocycles. The molecule has 1 rings (SSSR count). The second-order valence-corrected chi connectivity index (χ2v) is 5.34. The lowest BCUT2D eigenvalue weighted by Crippen LogP contribution is -2.21. The van der Waals surface area contributed by atoms with E-state index in [0.717, 1.165) is 31.1 Å². The van der Waals surface area contributed by atoms with Gasteiger partial charge in [-0.05, 0) is 32.2 Å². The highest BCUT2D eigenvalue weighted by Gasteiger charge is 2.03. The van der Waals surface area contributed by atoms with Crippen LogP contribution in [0.15, 0.2) is 10.9 Å². The van der Waals surface area contributed by atoms with Gasteiger partial charge in [0.15, 0.2) is 0 Å². The third-order valence-electron chi connectivity index (χ3n) is 2.64. The van der Waals surface area contributed by atoms with E-state index in [1.807, 2.05) is 5.51 Å². The van der Waals surface area contributed by atoms with Crippen LogP contribution in [0.25, 0.3) is 0 Å². The highest BCUT2D eigenvalue weighted by molar-refractivity contribution is 7.07. The molecule has 0 fully saturated rings. The molecule has 0 saturated heterocycles. The zero-order chi connectivity index (χ0) is 11.8. The Labute approximate surface area is 102 Å². The van der Waals surface area contributed by atoms with Crippen molar-refractivity contribution in [2.75, 3.05) is 6.54 Å². The second-order valence-electron chi connectivity index (χ2n) is 4.62. The quantitative estimate of drug-likeness (QED) is 0.735. The van der Waals surface area contributed by atoms with E-state index in [1.165, 1.54) is 12.8 Å². The summed E-state index contributed by atoms with van der Waals surface area (Å²) < 4.78 is 0. The molecule has 0 aromatic carbocycles. The second kappa shape index (κ2) is 7.76. The van der Waals surface area contributed by atoms with Crippen molar-refractivity contribution in [3.05, 3.63) is 16.6 Å². The highest BCUT2D eigenvalue weighted by atomic mass is 32.1. The van der Waals surface area contributed by atoms with Gasteiger partial charge in [-0.3, -0.25) is 0 Å². The van der Waals surface area contributed by atoms with Gasteiger partial charge < -0.3 is 11.1 Å². The van der Waals surface area contributed by atoms with E-state index < -0.39 is 0 Å². The number of nitrogens with zero attached hydrogens (tertiary/aromatic N) is 1. The maximum absolute atomic E-state index is 5.72. The molecule has 0 bridgehead atoms. The summed E-state index contributed by atoms with van der Waals surface area (Å²) in [6.45, 7) is 6.32. The molecule has 2 atom stereocenters. The maximum atomic E-state index is 5.72. The number of thiazole rings is 1. The first-order valence-corrected chi connectivity index (χ1v) is 6.96. The van der Waals surface area contributed by atoms with Crippen LogP contribution in [0.3, 0.4) is 0 Å². The number of rotatable bonds is 8. The molecular formula is C12H23N3S. The van der Waals surface area contributed by atoms with Gasteiger partial charge in [0, 0.05) is 18.0 Å². The molecule has 0 aliphatic carbocycles. The van der Waals surface area contributed by atoms with Gasteiger partial charge in [-0.25, -0.2) is 4.98 Å². The Hall–Kier alpha value is -0.450. The van der Waals surface area contributed by atoms with Crippen LogP contribution in [0.2, 0.25) is 0 Å². The Bertz CT molecular complexity index is 259. The summed E-state index contributed by atoms with van der Waals surface area (Å²) in [5, 5.41) is 5.53. The summed E-state index contributed by atoms with van der Waals surface area (Å²) in [5.74, 6) is 0.720. The zero-order valence-corrected chi connectivity index (χ0v) is 11.1. The number of aromatic nitrogens is 1. The Morgan fingerprint density at radius 2 is 2.25 bits per heavy atom. The van der Waals surface area contributed by atoms with Crippen LogP contribution in [0, 0.1) is 5.92 Å². The summed E-state index contributed by atoms with van der Waals surface area (Å²) in [6.07, 6.45) is 3.62. The van der Waals surface area contributed by atoms with E-state index in [0.29, 0.717) is 6.04 Å². The highest BCUT2D eigenvalue weighted by Crippen LogP contribution is 2.08. The van der Waals surface area contributed by atoms with Gasteiger partial charge in [0.2, 0.25) is 0 Å². The van der Waals surface area contributed by atoms with Crippen molar-refractivity contribution in [2.24, 2.45) is 11.7 Å². The minimum Gasteiger partial charge on any atom is -0.328 e. The molecule has 3 N–H and O–H groups in total. The standard InChI is InChI=1S/C12H23N3S/c1-10(4-3-5-11(2)13)6-14-7-12-8-16-9-15-12/h8-11,14H,3-7,13H2,1-2H3. The van der Waals surface area contributed by atoms with Crippen molar-refractivity contribution < 1.29 is 0 Å². The van der Waals surface area contributed by atoms with Crippen LogP contribution in [0.1, 0.15) is 38.8 Å². The van der Waals surface area contributed by atoms with Crippen LogP contribution >= 0.6 is 11.3 Å². The van der Waals surface area contributed by atoms with Gasteiger partial charge in [-0.1, -0.05) is 13.3 Å². The van der Waals surface area contributed by atoms with Gasteiger partial charge in [-0.2, -0.15) is 0 Å². The summed E-state index contributed by atoms with van der Waals surface area (Å²) in [5.41, 5.74) is 8.74. The summed E-state index contributed by atoms with van der Waals surface area (Å²) >= 11 is 1.65. The average molecular weight is 241 g/mol. The molecular weight excluding hydrogens is 218 g/mol. The van der Waals surface area contributed by atoms with E-state index in [1.54, 1.807) is 11.3 Å². The van der Waals surface area contributed by atoms with Crippen LogP contribution < -0.4 is 11.1 Å². The number of nitrogens with two attached hydrogens (primary N) is 1. The third kappa shape index (κ3) is 6.20. The Morgan fingerprint density at radius 3 is 2.88 bits per heavy atom. The van der Waals surface area contributed by atoms with E-state index in [2.05, 4.69) is 29.5 Å². The van der Waals surface area contributed by atoms with Crippen molar-refractivity contribution in [1.82, 2.24) is 10.3 Å². The molecule has 4 heteroatoms. The summed E-state index contributed by atoms with van der Waals surface area (Å²) in [6, 6.07) is 0.343. The smallest absolute Gasteiger partial charge is 0.0795 e. The van der Waals surface area contributed by atoms with E-state index in [4.69, 9.17) is 5.73 Å². The normalized spacial score (nSPS) is 14.9. The van der Waals surface area contributed by atoms with Crippen LogP contribution in [0.4, 0.5) is 0 Å². The SMILES string of the molecule is CC(N)CCCC(C)CNCc1cscn1. The molecule has 1 heterocycles. The largest absolute Gasteiger partial charge is 0.328 e. The number of hydrogen-bond acceptors (Lipinski definition) is 4. The first-order valence-electron chi connectivity index (χ1n) is 6.02. The Balaban J connectivity index is 2.00. The average Bonchev–Trinajstić information content (AvgIpc) is 2.70. The van der Waals surface area contributed by atoms with Gasteiger partial charge in [-0.15, -0.1) is 11.3 Å². The maximum Gasteiger partial charge on any atom is 0.0795 e. The fourth-order valence-corrected chi connectivity index (χ4v) is 2.22. The molecule has 92 valence electrons. The third-order valence-corrected chi connectivity index (χ3v) is 3.27. The molecule has 0 aliphatic rings. The van der Waals surface area contributed by atoms with Crippen LogP contribution in [-0.2, 0) is 6.54 Å². The van der Waals surface area contributed by atoms with E-state index in [9.17, 15) is 0 Å². The number of nitrogens with one attached hydrogen (secondary N) is 1. The molecule has 2 unspecified atom stereocenters. The van der Waals surface area contributed by atoms with Crippen molar-refractivity contribution in [2.45, 2.75) is 45.7 Å². The minimum absolute atomic E-state index is 0.343. The molecule has 0 radical (unpaired) electrons. The van der Waals surface area contributed by atoms with Crippen molar-refractivity contribution >= 4 is 11.3 Å². The first kappa shape index (κ1) is 13.6. The molecule has 3 nitrogen and oxygen atoms in total. The lowest BCUT2D eigenvalue weighted by molar-refractivity contribution is 0.447. The van der Waals surface area contributed by atoms with E-state index >= 15 is 0 Å². The topological polar surface area (TPSA) is 50.9 Å². The minimum atomic E-state index is 0.343. The molecule has 0 amide bonds. The van der Waals surface area contributed by atoms with Gasteiger partial charge in [0.05, 0.1) is 11.2 Å². The number of hydrogen-bond donors (Lipinski definition) is 2. The Kier molecular flexibility index (Phi) is 6.61. The van der Waals surface area contributed by atoms with Crippen LogP contribution in [0.5, 0.6) is 0 Å². The lowest BCUT2D eigenvalue weighted by Gasteiger charge is -2.12. The van der Waals surface area contributed by atoms with Crippen molar-refractivity contribution in [3.8, 4) is 0 Å². The lowest BCUT2D eigenvalue weighted by atomic mass is 10.0. The molecule has 1 aromatic heterocycles. The Morgan fingerprint density at radius 1 is 1.44 bits per heavy atom. The van der Waals surface area contributed by atoms with Gasteiger partial charge >= 0.3 is 0 Å². The fourth-order valence-electron chi connectivity index (χ4n) is 1.66. The first-order chi connectivity index (χ1) is 7.68. The molecule has 0 aliphatic heterocycles. The summed E-state index contributed by atoms with van der Waals surface area (Å²) in [7, 11) is 0. The predicted molar refractivity (Wildman–Crippen MR) is 70.5 cm³/mol. The zero-order valence-electron chi connectivity index (χ0n) is 10.3. The van der Waals surface area contributed by atoms with Crippen molar-refractivity contribution in [1.29, 1.82) is 0 Å². The van der Waals surface area contributed by atoms with E-state index in [-0.39, 0.29) is 0 Å². The monoisotopic (exact) mass is 241 g/mol. The predicted octanol–water partition coefficient (Wildman–Crippen LogP) is 2.39. The molecule has 1 aromatic rings. The molecule has 0 spiro atoms. The summed E-state index contributed by atoms with van der Waals surface area (Å²) in [4.78, 5) is 4.24.